The summed E-state index contributed by atoms with van der Waals surface area (Å²) in [5, 5.41) is 12.0. The van der Waals surface area contributed by atoms with Crippen LogP contribution in [0.3, 0.4) is 0 Å². The van der Waals surface area contributed by atoms with Gasteiger partial charge in [-0.15, -0.1) is 0 Å². The van der Waals surface area contributed by atoms with Crippen LogP contribution in [0.25, 0.3) is 16.6 Å². The minimum Gasteiger partial charge on any atom is -0.477 e. The fourth-order valence-electron chi connectivity index (χ4n) is 3.94. The lowest BCUT2D eigenvalue weighted by atomic mass is 9.95. The highest BCUT2D eigenvalue weighted by molar-refractivity contribution is 5.94. The molecule has 1 fully saturated rings. The van der Waals surface area contributed by atoms with Crippen LogP contribution in [-0.4, -0.2) is 21.7 Å². The van der Waals surface area contributed by atoms with E-state index in [1.54, 1.807) is 30.3 Å². The van der Waals surface area contributed by atoms with Crippen LogP contribution in [0.15, 0.2) is 47.4 Å². The first-order valence-corrected chi connectivity index (χ1v) is 9.60. The normalized spacial score (nSPS) is 14.8. The summed E-state index contributed by atoms with van der Waals surface area (Å²) in [5.74, 6) is -3.25. The van der Waals surface area contributed by atoms with Crippen LogP contribution in [0.2, 0.25) is 0 Å². The summed E-state index contributed by atoms with van der Waals surface area (Å²) in [7, 11) is 0. The molecule has 2 N–H and O–H groups in total. The predicted octanol–water partition coefficient (Wildman–Crippen LogP) is 4.71. The lowest BCUT2D eigenvalue weighted by molar-refractivity contribution is 0.0695. The van der Waals surface area contributed by atoms with Gasteiger partial charge in [0.1, 0.15) is 17.1 Å². The van der Waals surface area contributed by atoms with Gasteiger partial charge in [-0.25, -0.2) is 13.6 Å². The molecule has 150 valence electrons. The van der Waals surface area contributed by atoms with Crippen molar-refractivity contribution in [1.29, 1.82) is 0 Å². The SMILES string of the molecule is O=C(O)c1cn(-c2ccccc2)c2c(F)c(NC3CCCCC3)c(F)cc2c1=O. The molecule has 0 amide bonds. The smallest absolute Gasteiger partial charge is 0.341 e. The highest BCUT2D eigenvalue weighted by atomic mass is 19.1. The summed E-state index contributed by atoms with van der Waals surface area (Å²) in [6.07, 6.45) is 5.82. The average molecular weight is 398 g/mol. The van der Waals surface area contributed by atoms with E-state index in [1.165, 1.54) is 4.57 Å². The molecular weight excluding hydrogens is 378 g/mol. The lowest BCUT2D eigenvalue weighted by Crippen LogP contribution is -2.25. The maximum atomic E-state index is 15.5. The Balaban J connectivity index is 1.99. The van der Waals surface area contributed by atoms with E-state index < -0.39 is 28.6 Å². The molecule has 4 rings (SSSR count). The van der Waals surface area contributed by atoms with E-state index in [-0.39, 0.29) is 22.6 Å². The molecule has 1 aliphatic carbocycles. The number of carbonyl (C=O) groups is 1. The Bertz CT molecular complexity index is 1140. The van der Waals surface area contributed by atoms with Gasteiger partial charge >= 0.3 is 5.97 Å². The van der Waals surface area contributed by atoms with Crippen molar-refractivity contribution >= 4 is 22.6 Å². The maximum Gasteiger partial charge on any atom is 0.341 e. The standard InChI is InChI=1S/C22H20F2N2O3/c23-17-11-15-20(18(24)19(17)25-13-7-3-1-4-8-13)26(14-9-5-2-6-10-14)12-16(21(15)27)22(28)29/h2,5-6,9-13,25H,1,3-4,7-8H2,(H,28,29). The Labute approximate surface area is 165 Å². The third-order valence-electron chi connectivity index (χ3n) is 5.40. The minimum atomic E-state index is -1.45. The number of benzene rings is 2. The van der Waals surface area contributed by atoms with Gasteiger partial charge in [-0.1, -0.05) is 37.5 Å². The predicted molar refractivity (Wildman–Crippen MR) is 107 cm³/mol. The number of nitrogens with zero attached hydrogens (tertiary/aromatic N) is 1. The number of fused-ring (bicyclic) bond motifs is 1. The summed E-state index contributed by atoms with van der Waals surface area (Å²) in [6.45, 7) is 0. The van der Waals surface area contributed by atoms with Gasteiger partial charge in [0.15, 0.2) is 5.82 Å². The van der Waals surface area contributed by atoms with Crippen molar-refractivity contribution in [3.8, 4) is 5.69 Å². The van der Waals surface area contributed by atoms with Crippen molar-refractivity contribution in [3.63, 3.8) is 0 Å². The van der Waals surface area contributed by atoms with Crippen molar-refractivity contribution in [1.82, 2.24) is 4.57 Å². The summed E-state index contributed by atoms with van der Waals surface area (Å²) in [5.41, 5.74) is -1.42. The number of carboxylic acid groups (broad SMARTS) is 1. The number of aromatic nitrogens is 1. The van der Waals surface area contributed by atoms with E-state index in [0.717, 1.165) is 44.4 Å². The van der Waals surface area contributed by atoms with Crippen molar-refractivity contribution in [2.45, 2.75) is 38.1 Å². The number of carboxylic acids is 1. The number of hydrogen-bond acceptors (Lipinski definition) is 3. The van der Waals surface area contributed by atoms with E-state index in [0.29, 0.717) is 5.69 Å². The molecule has 0 saturated heterocycles. The molecular formula is C22H20F2N2O3. The molecule has 1 heterocycles. The van der Waals surface area contributed by atoms with Gasteiger partial charge in [0.25, 0.3) is 0 Å². The molecule has 0 aliphatic heterocycles. The number of aromatic carboxylic acids is 1. The fraction of sp³-hybridized carbons (Fsp3) is 0.273. The number of rotatable bonds is 4. The molecule has 29 heavy (non-hydrogen) atoms. The third-order valence-corrected chi connectivity index (χ3v) is 5.40. The number of halogens is 2. The van der Waals surface area contributed by atoms with Crippen molar-refractivity contribution < 1.29 is 18.7 Å². The zero-order valence-corrected chi connectivity index (χ0v) is 15.6. The Kier molecular flexibility index (Phi) is 5.05. The van der Waals surface area contributed by atoms with Gasteiger partial charge in [0.05, 0.1) is 10.9 Å². The number of pyridine rings is 1. The van der Waals surface area contributed by atoms with Crippen LogP contribution >= 0.6 is 0 Å². The molecule has 3 aromatic rings. The Hall–Kier alpha value is -3.22. The van der Waals surface area contributed by atoms with E-state index in [2.05, 4.69) is 5.32 Å². The van der Waals surface area contributed by atoms with Crippen LogP contribution < -0.4 is 10.7 Å². The van der Waals surface area contributed by atoms with Gasteiger partial charge in [-0.2, -0.15) is 0 Å². The van der Waals surface area contributed by atoms with Gasteiger partial charge in [0, 0.05) is 17.9 Å². The number of anilines is 1. The van der Waals surface area contributed by atoms with Gasteiger partial charge in [0.2, 0.25) is 5.43 Å². The summed E-state index contributed by atoms with van der Waals surface area (Å²) < 4.78 is 31.6. The van der Waals surface area contributed by atoms with Crippen LogP contribution in [0.5, 0.6) is 0 Å². The Morgan fingerprint density at radius 1 is 1.10 bits per heavy atom. The van der Waals surface area contributed by atoms with Crippen LogP contribution in [-0.2, 0) is 0 Å². The summed E-state index contributed by atoms with van der Waals surface area (Å²) in [4.78, 5) is 24.1. The van der Waals surface area contributed by atoms with E-state index in [1.807, 2.05) is 0 Å². The molecule has 7 heteroatoms. The fourth-order valence-corrected chi connectivity index (χ4v) is 3.94. The molecule has 0 unspecified atom stereocenters. The zero-order valence-electron chi connectivity index (χ0n) is 15.6. The van der Waals surface area contributed by atoms with Crippen molar-refractivity contribution in [2.75, 3.05) is 5.32 Å². The zero-order chi connectivity index (χ0) is 20.5. The van der Waals surface area contributed by atoms with E-state index >= 15 is 4.39 Å². The molecule has 0 atom stereocenters. The minimum absolute atomic E-state index is 0.0413. The number of nitrogens with one attached hydrogen (secondary N) is 1. The first-order chi connectivity index (χ1) is 14.0. The molecule has 2 aromatic carbocycles. The Morgan fingerprint density at radius 3 is 2.45 bits per heavy atom. The van der Waals surface area contributed by atoms with Crippen LogP contribution in [0.1, 0.15) is 42.5 Å². The van der Waals surface area contributed by atoms with Gasteiger partial charge in [-0.3, -0.25) is 4.79 Å². The molecule has 0 spiro atoms. The first kappa shape index (κ1) is 19.1. The second-order valence-electron chi connectivity index (χ2n) is 7.31. The molecule has 0 bridgehead atoms. The quantitative estimate of drug-likeness (QED) is 0.668. The van der Waals surface area contributed by atoms with Crippen LogP contribution in [0, 0.1) is 11.6 Å². The molecule has 1 aliphatic rings. The first-order valence-electron chi connectivity index (χ1n) is 9.60. The highest BCUT2D eigenvalue weighted by Gasteiger charge is 2.24. The summed E-state index contributed by atoms with van der Waals surface area (Å²) in [6, 6.07) is 9.39. The second kappa shape index (κ2) is 7.66. The highest BCUT2D eigenvalue weighted by Crippen LogP contribution is 2.31. The second-order valence-corrected chi connectivity index (χ2v) is 7.31. The maximum absolute atomic E-state index is 15.5. The number of para-hydroxylation sites is 1. The van der Waals surface area contributed by atoms with Crippen LogP contribution in [0.4, 0.5) is 14.5 Å². The van der Waals surface area contributed by atoms with E-state index in [4.69, 9.17) is 0 Å². The topological polar surface area (TPSA) is 71.3 Å². The molecule has 1 aromatic heterocycles. The van der Waals surface area contributed by atoms with E-state index in [9.17, 15) is 19.1 Å². The van der Waals surface area contributed by atoms with Crippen molar-refractivity contribution in [2.24, 2.45) is 0 Å². The summed E-state index contributed by atoms with van der Waals surface area (Å²) >= 11 is 0. The third kappa shape index (κ3) is 3.48. The van der Waals surface area contributed by atoms with Gasteiger partial charge < -0.3 is 15.0 Å². The molecule has 5 nitrogen and oxygen atoms in total. The average Bonchev–Trinajstić information content (AvgIpc) is 2.73. The largest absolute Gasteiger partial charge is 0.477 e. The van der Waals surface area contributed by atoms with Gasteiger partial charge in [-0.05, 0) is 31.0 Å². The molecule has 0 radical (unpaired) electrons. The Morgan fingerprint density at radius 2 is 1.79 bits per heavy atom. The lowest BCUT2D eigenvalue weighted by Gasteiger charge is -2.25. The number of hydrogen-bond donors (Lipinski definition) is 2. The monoisotopic (exact) mass is 398 g/mol. The molecule has 1 saturated carbocycles. The van der Waals surface area contributed by atoms with Crippen molar-refractivity contribution in [3.05, 3.63) is 70.0 Å².